The summed E-state index contributed by atoms with van der Waals surface area (Å²) in [6.07, 6.45) is 0.346. The Kier molecular flexibility index (Phi) is 5.44. The Morgan fingerprint density at radius 1 is 0.850 bits per heavy atom. The van der Waals surface area contributed by atoms with E-state index in [1.807, 2.05) is 54.6 Å². The van der Waals surface area contributed by atoms with Crippen LogP contribution in [-0.4, -0.2) is 24.4 Å². The van der Waals surface area contributed by atoms with Gasteiger partial charge in [-0.1, -0.05) is 30.3 Å². The predicted molar refractivity (Wildman–Crippen MR) is 79.3 cm³/mol. The van der Waals surface area contributed by atoms with Crippen LogP contribution in [0.5, 0.6) is 11.5 Å². The Balaban J connectivity index is 1.71. The molecule has 1 atom stereocenters. The van der Waals surface area contributed by atoms with Crippen LogP contribution in [0.2, 0.25) is 0 Å². The first kappa shape index (κ1) is 14.4. The zero-order valence-corrected chi connectivity index (χ0v) is 11.7. The summed E-state index contributed by atoms with van der Waals surface area (Å²) >= 11 is 0. The molecule has 0 amide bonds. The van der Waals surface area contributed by atoms with Gasteiger partial charge in [0, 0.05) is 0 Å². The van der Waals surface area contributed by atoms with Crippen LogP contribution in [0.4, 0.5) is 0 Å². The van der Waals surface area contributed by atoms with E-state index in [2.05, 4.69) is 0 Å². The van der Waals surface area contributed by atoms with Gasteiger partial charge in [0.15, 0.2) is 0 Å². The first-order valence-corrected chi connectivity index (χ1v) is 6.82. The second-order valence-corrected chi connectivity index (χ2v) is 4.71. The van der Waals surface area contributed by atoms with Crippen LogP contribution in [0.1, 0.15) is 12.5 Å². The fraction of sp³-hybridized carbons (Fsp3) is 0.294. The highest BCUT2D eigenvalue weighted by Gasteiger charge is 2.00. The predicted octanol–water partition coefficient (Wildman–Crippen LogP) is 3.07. The molecule has 0 aliphatic heterocycles. The van der Waals surface area contributed by atoms with Gasteiger partial charge in [0.05, 0.1) is 6.10 Å². The monoisotopic (exact) mass is 272 g/mol. The van der Waals surface area contributed by atoms with Crippen LogP contribution < -0.4 is 9.47 Å². The summed E-state index contributed by atoms with van der Waals surface area (Å²) in [7, 11) is 0. The van der Waals surface area contributed by atoms with Gasteiger partial charge in [-0.2, -0.15) is 0 Å². The van der Waals surface area contributed by atoms with Crippen molar-refractivity contribution in [2.75, 3.05) is 13.2 Å². The van der Waals surface area contributed by atoms with Gasteiger partial charge in [-0.25, -0.2) is 0 Å². The first-order chi connectivity index (χ1) is 9.74. The van der Waals surface area contributed by atoms with Crippen molar-refractivity contribution in [1.29, 1.82) is 0 Å². The highest BCUT2D eigenvalue weighted by Crippen LogP contribution is 2.14. The molecule has 1 N–H and O–H groups in total. The smallest absolute Gasteiger partial charge is 0.122 e. The normalized spacial score (nSPS) is 11.9. The molecule has 2 aromatic rings. The van der Waals surface area contributed by atoms with Gasteiger partial charge in [-0.05, 0) is 43.2 Å². The molecule has 0 saturated carbocycles. The minimum Gasteiger partial charge on any atom is -0.490 e. The lowest BCUT2D eigenvalue weighted by atomic mass is 10.1. The lowest BCUT2D eigenvalue weighted by Gasteiger charge is -2.09. The van der Waals surface area contributed by atoms with Gasteiger partial charge in [0.1, 0.15) is 24.7 Å². The number of aliphatic hydroxyl groups is 1. The van der Waals surface area contributed by atoms with Crippen molar-refractivity contribution in [2.24, 2.45) is 0 Å². The van der Waals surface area contributed by atoms with E-state index in [9.17, 15) is 5.11 Å². The molecule has 20 heavy (non-hydrogen) atoms. The Morgan fingerprint density at radius 3 is 1.95 bits per heavy atom. The molecule has 0 radical (unpaired) electrons. The molecule has 0 aliphatic rings. The van der Waals surface area contributed by atoms with Crippen LogP contribution in [0.25, 0.3) is 0 Å². The van der Waals surface area contributed by atoms with Crippen molar-refractivity contribution in [1.82, 2.24) is 0 Å². The minimum atomic E-state index is -0.318. The third kappa shape index (κ3) is 4.94. The molecular formula is C17H20O3. The summed E-state index contributed by atoms with van der Waals surface area (Å²) in [6, 6.07) is 17.5. The third-order valence-electron chi connectivity index (χ3n) is 2.82. The molecule has 0 aliphatic carbocycles. The molecule has 0 saturated heterocycles. The molecule has 3 nitrogen and oxygen atoms in total. The molecule has 2 aromatic carbocycles. The van der Waals surface area contributed by atoms with Crippen LogP contribution in [0.15, 0.2) is 54.6 Å². The van der Waals surface area contributed by atoms with Crippen LogP contribution in [0, 0.1) is 0 Å². The van der Waals surface area contributed by atoms with E-state index in [1.165, 1.54) is 0 Å². The first-order valence-electron chi connectivity index (χ1n) is 6.82. The Labute approximate surface area is 119 Å². The van der Waals surface area contributed by atoms with E-state index in [1.54, 1.807) is 6.92 Å². The standard InChI is InChI=1S/C17H20O3/c1-14(18)13-15-7-9-17(10-8-15)20-12-11-19-16-5-3-2-4-6-16/h2-10,14,18H,11-13H2,1H3. The average Bonchev–Trinajstić information content (AvgIpc) is 2.46. The Bertz CT molecular complexity index is 491. The van der Waals surface area contributed by atoms with Crippen LogP contribution >= 0.6 is 0 Å². The number of hydrogen-bond donors (Lipinski definition) is 1. The second kappa shape index (κ2) is 7.56. The van der Waals surface area contributed by atoms with Gasteiger partial charge >= 0.3 is 0 Å². The van der Waals surface area contributed by atoms with Gasteiger partial charge < -0.3 is 14.6 Å². The van der Waals surface area contributed by atoms with Crippen LogP contribution in [-0.2, 0) is 6.42 Å². The summed E-state index contributed by atoms with van der Waals surface area (Å²) < 4.78 is 11.1. The second-order valence-electron chi connectivity index (χ2n) is 4.71. The number of benzene rings is 2. The quantitative estimate of drug-likeness (QED) is 0.787. The maximum atomic E-state index is 9.31. The molecule has 3 heteroatoms. The summed E-state index contributed by atoms with van der Waals surface area (Å²) in [6.45, 7) is 2.80. The Morgan fingerprint density at radius 2 is 1.40 bits per heavy atom. The van der Waals surface area contributed by atoms with E-state index >= 15 is 0 Å². The Hall–Kier alpha value is -2.00. The van der Waals surface area contributed by atoms with Gasteiger partial charge in [-0.3, -0.25) is 0 Å². The fourth-order valence-electron chi connectivity index (χ4n) is 1.90. The highest BCUT2D eigenvalue weighted by molar-refractivity contribution is 5.27. The fourth-order valence-corrected chi connectivity index (χ4v) is 1.90. The molecule has 0 bridgehead atoms. The molecule has 0 spiro atoms. The van der Waals surface area contributed by atoms with E-state index in [4.69, 9.17) is 9.47 Å². The number of rotatable bonds is 7. The van der Waals surface area contributed by atoms with E-state index < -0.39 is 0 Å². The van der Waals surface area contributed by atoms with E-state index in [-0.39, 0.29) is 6.10 Å². The molecule has 0 fully saturated rings. The minimum absolute atomic E-state index is 0.318. The van der Waals surface area contributed by atoms with Crippen molar-refractivity contribution in [3.05, 3.63) is 60.2 Å². The third-order valence-corrected chi connectivity index (χ3v) is 2.82. The van der Waals surface area contributed by atoms with Crippen molar-refractivity contribution >= 4 is 0 Å². The number of ether oxygens (including phenoxy) is 2. The van der Waals surface area contributed by atoms with Crippen molar-refractivity contribution in [3.8, 4) is 11.5 Å². The summed E-state index contributed by atoms with van der Waals surface area (Å²) in [4.78, 5) is 0. The zero-order valence-electron chi connectivity index (χ0n) is 11.7. The molecule has 0 heterocycles. The maximum Gasteiger partial charge on any atom is 0.122 e. The average molecular weight is 272 g/mol. The lowest BCUT2D eigenvalue weighted by molar-refractivity contribution is 0.195. The number of para-hydroxylation sites is 1. The number of hydrogen-bond acceptors (Lipinski definition) is 3. The summed E-state index contributed by atoms with van der Waals surface area (Å²) in [5, 5.41) is 9.31. The zero-order chi connectivity index (χ0) is 14.2. The maximum absolute atomic E-state index is 9.31. The largest absolute Gasteiger partial charge is 0.490 e. The van der Waals surface area contributed by atoms with Crippen molar-refractivity contribution in [3.63, 3.8) is 0 Å². The van der Waals surface area contributed by atoms with Gasteiger partial charge in [-0.15, -0.1) is 0 Å². The van der Waals surface area contributed by atoms with E-state index in [0.29, 0.717) is 19.6 Å². The van der Waals surface area contributed by atoms with Crippen LogP contribution in [0.3, 0.4) is 0 Å². The summed E-state index contributed by atoms with van der Waals surface area (Å²) in [5.74, 6) is 1.67. The number of aliphatic hydroxyl groups excluding tert-OH is 1. The van der Waals surface area contributed by atoms with Crippen molar-refractivity contribution in [2.45, 2.75) is 19.4 Å². The van der Waals surface area contributed by atoms with Gasteiger partial charge in [0.25, 0.3) is 0 Å². The molecule has 0 aromatic heterocycles. The topological polar surface area (TPSA) is 38.7 Å². The summed E-state index contributed by atoms with van der Waals surface area (Å²) in [5.41, 5.74) is 1.10. The lowest BCUT2D eigenvalue weighted by Crippen LogP contribution is -2.09. The van der Waals surface area contributed by atoms with Gasteiger partial charge in [0.2, 0.25) is 0 Å². The molecular weight excluding hydrogens is 252 g/mol. The molecule has 1 unspecified atom stereocenters. The van der Waals surface area contributed by atoms with Crippen molar-refractivity contribution < 1.29 is 14.6 Å². The molecule has 2 rings (SSSR count). The molecule has 106 valence electrons. The van der Waals surface area contributed by atoms with E-state index in [0.717, 1.165) is 17.1 Å². The highest BCUT2D eigenvalue weighted by atomic mass is 16.5. The SMILES string of the molecule is CC(O)Cc1ccc(OCCOc2ccccc2)cc1.